The zero-order chi connectivity index (χ0) is 15.1. The van der Waals surface area contributed by atoms with Gasteiger partial charge in [-0.2, -0.15) is 0 Å². The molecular formula is C15H19N3O3. The van der Waals surface area contributed by atoms with Crippen LogP contribution in [0.25, 0.3) is 0 Å². The summed E-state index contributed by atoms with van der Waals surface area (Å²) in [6, 6.07) is 7.77. The largest absolute Gasteiger partial charge is 0.497 e. The Balaban J connectivity index is 1.83. The number of rotatable bonds is 7. The lowest BCUT2D eigenvalue weighted by atomic mass is 10.1. The van der Waals surface area contributed by atoms with E-state index in [1.807, 2.05) is 24.3 Å². The fraction of sp³-hybridized carbons (Fsp3) is 0.333. The van der Waals surface area contributed by atoms with E-state index in [9.17, 15) is 4.79 Å². The Kier molecular flexibility index (Phi) is 5.34. The van der Waals surface area contributed by atoms with Gasteiger partial charge in [0, 0.05) is 6.54 Å². The molecule has 2 N–H and O–H groups in total. The molecule has 112 valence electrons. The molecule has 1 aromatic carbocycles. The van der Waals surface area contributed by atoms with Crippen molar-refractivity contribution in [3.05, 3.63) is 47.7 Å². The Morgan fingerprint density at radius 2 is 2.29 bits per heavy atom. The normalized spacial score (nSPS) is 10.4. The number of methoxy groups -OCH3 is 1. The number of benzene rings is 1. The predicted octanol–water partition coefficient (Wildman–Crippen LogP) is 1.38. The summed E-state index contributed by atoms with van der Waals surface area (Å²) in [6.45, 7) is 1.03. The van der Waals surface area contributed by atoms with Crippen LogP contribution in [-0.4, -0.2) is 31.6 Å². The predicted molar refractivity (Wildman–Crippen MR) is 78.3 cm³/mol. The smallest absolute Gasteiger partial charge is 0.273 e. The summed E-state index contributed by atoms with van der Waals surface area (Å²) >= 11 is 0. The lowest BCUT2D eigenvalue weighted by molar-refractivity contribution is 0.0949. The van der Waals surface area contributed by atoms with Gasteiger partial charge in [-0.05, 0) is 31.2 Å². The third-order valence-electron chi connectivity index (χ3n) is 2.95. The van der Waals surface area contributed by atoms with Crippen LogP contribution in [0, 0.1) is 0 Å². The maximum absolute atomic E-state index is 11.9. The van der Waals surface area contributed by atoms with Gasteiger partial charge < -0.3 is 19.8 Å². The van der Waals surface area contributed by atoms with E-state index in [4.69, 9.17) is 9.15 Å². The van der Waals surface area contributed by atoms with E-state index in [1.54, 1.807) is 14.2 Å². The van der Waals surface area contributed by atoms with Gasteiger partial charge in [0.1, 0.15) is 12.0 Å². The molecule has 0 aliphatic heterocycles. The fourth-order valence-electron chi connectivity index (χ4n) is 1.89. The lowest BCUT2D eigenvalue weighted by Crippen LogP contribution is -2.26. The number of hydrogen-bond donors (Lipinski definition) is 2. The van der Waals surface area contributed by atoms with E-state index >= 15 is 0 Å². The van der Waals surface area contributed by atoms with Crippen LogP contribution in [-0.2, 0) is 13.0 Å². The molecule has 1 aromatic heterocycles. The maximum Gasteiger partial charge on any atom is 0.273 e. The van der Waals surface area contributed by atoms with Crippen LogP contribution >= 0.6 is 0 Å². The molecule has 2 rings (SSSR count). The van der Waals surface area contributed by atoms with E-state index in [0.29, 0.717) is 24.7 Å². The molecule has 0 spiro atoms. The number of carbonyl (C=O) groups excluding carboxylic acids is 1. The van der Waals surface area contributed by atoms with Crippen LogP contribution in [0.15, 0.2) is 34.9 Å². The van der Waals surface area contributed by atoms with Gasteiger partial charge in [-0.1, -0.05) is 12.1 Å². The summed E-state index contributed by atoms with van der Waals surface area (Å²) in [5.41, 5.74) is 1.40. The number of hydrogen-bond acceptors (Lipinski definition) is 5. The van der Waals surface area contributed by atoms with Crippen molar-refractivity contribution in [1.82, 2.24) is 15.6 Å². The number of nitrogens with one attached hydrogen (secondary N) is 2. The molecule has 0 radical (unpaired) electrons. The van der Waals surface area contributed by atoms with Gasteiger partial charge in [-0.25, -0.2) is 4.98 Å². The topological polar surface area (TPSA) is 76.4 Å². The van der Waals surface area contributed by atoms with Crippen molar-refractivity contribution in [2.24, 2.45) is 0 Å². The zero-order valence-electron chi connectivity index (χ0n) is 12.2. The van der Waals surface area contributed by atoms with E-state index in [2.05, 4.69) is 15.6 Å². The first kappa shape index (κ1) is 15.1. The Morgan fingerprint density at radius 1 is 1.43 bits per heavy atom. The van der Waals surface area contributed by atoms with Crippen molar-refractivity contribution in [2.45, 2.75) is 13.0 Å². The number of ether oxygens (including phenoxy) is 1. The summed E-state index contributed by atoms with van der Waals surface area (Å²) in [7, 11) is 3.42. The van der Waals surface area contributed by atoms with Crippen molar-refractivity contribution < 1.29 is 13.9 Å². The maximum atomic E-state index is 11.9. The Hall–Kier alpha value is -2.34. The first-order valence-corrected chi connectivity index (χ1v) is 6.73. The van der Waals surface area contributed by atoms with Crippen molar-refractivity contribution in [3.8, 4) is 5.75 Å². The highest BCUT2D eigenvalue weighted by molar-refractivity contribution is 5.91. The Bertz CT molecular complexity index is 595. The molecule has 1 heterocycles. The van der Waals surface area contributed by atoms with Crippen molar-refractivity contribution in [3.63, 3.8) is 0 Å². The van der Waals surface area contributed by atoms with Gasteiger partial charge in [0.15, 0.2) is 5.69 Å². The molecule has 21 heavy (non-hydrogen) atoms. The molecule has 0 fully saturated rings. The van der Waals surface area contributed by atoms with E-state index in [-0.39, 0.29) is 5.91 Å². The minimum absolute atomic E-state index is 0.232. The number of carbonyl (C=O) groups is 1. The number of amides is 1. The molecule has 6 nitrogen and oxygen atoms in total. The second kappa shape index (κ2) is 7.44. The molecule has 0 saturated heterocycles. The number of aromatic nitrogens is 1. The minimum atomic E-state index is -0.232. The van der Waals surface area contributed by atoms with E-state index < -0.39 is 0 Å². The van der Waals surface area contributed by atoms with Crippen LogP contribution in [0.1, 0.15) is 21.9 Å². The molecule has 0 aliphatic rings. The van der Waals surface area contributed by atoms with E-state index in [0.717, 1.165) is 17.7 Å². The SMILES string of the molecule is CNCc1nc(C(=O)NCCc2cccc(OC)c2)co1. The van der Waals surface area contributed by atoms with Crippen molar-refractivity contribution in [2.75, 3.05) is 20.7 Å². The van der Waals surface area contributed by atoms with Gasteiger partial charge >= 0.3 is 0 Å². The summed E-state index contributed by atoms with van der Waals surface area (Å²) in [5.74, 6) is 1.08. The van der Waals surface area contributed by atoms with Crippen LogP contribution in [0.2, 0.25) is 0 Å². The quantitative estimate of drug-likeness (QED) is 0.805. The third-order valence-corrected chi connectivity index (χ3v) is 2.95. The van der Waals surface area contributed by atoms with Crippen LogP contribution in [0.3, 0.4) is 0 Å². The third kappa shape index (κ3) is 4.32. The van der Waals surface area contributed by atoms with E-state index in [1.165, 1.54) is 6.26 Å². The van der Waals surface area contributed by atoms with Gasteiger partial charge in [-0.3, -0.25) is 4.79 Å². The van der Waals surface area contributed by atoms with Gasteiger partial charge in [-0.15, -0.1) is 0 Å². The molecule has 0 aliphatic carbocycles. The van der Waals surface area contributed by atoms with Crippen LogP contribution in [0.4, 0.5) is 0 Å². The van der Waals surface area contributed by atoms with Gasteiger partial charge in [0.25, 0.3) is 5.91 Å². The molecule has 1 amide bonds. The number of nitrogens with zero attached hydrogens (tertiary/aromatic N) is 1. The second-order valence-corrected chi connectivity index (χ2v) is 4.51. The first-order chi connectivity index (χ1) is 10.2. The Morgan fingerprint density at radius 3 is 3.05 bits per heavy atom. The second-order valence-electron chi connectivity index (χ2n) is 4.51. The Labute approximate surface area is 123 Å². The first-order valence-electron chi connectivity index (χ1n) is 6.73. The zero-order valence-corrected chi connectivity index (χ0v) is 12.2. The van der Waals surface area contributed by atoms with Crippen molar-refractivity contribution >= 4 is 5.91 Å². The van der Waals surface area contributed by atoms with Gasteiger partial charge in [0.2, 0.25) is 5.89 Å². The standard InChI is InChI=1S/C15H19N3O3/c1-16-9-14-18-13(10-21-14)15(19)17-7-6-11-4-3-5-12(8-11)20-2/h3-5,8,10,16H,6-7,9H2,1-2H3,(H,17,19). The van der Waals surface area contributed by atoms with Crippen molar-refractivity contribution in [1.29, 1.82) is 0 Å². The summed E-state index contributed by atoms with van der Waals surface area (Å²) < 4.78 is 10.3. The van der Waals surface area contributed by atoms with Crippen LogP contribution in [0.5, 0.6) is 5.75 Å². The highest BCUT2D eigenvalue weighted by Gasteiger charge is 2.11. The molecule has 0 atom stereocenters. The molecule has 0 bridgehead atoms. The molecule has 0 unspecified atom stereocenters. The minimum Gasteiger partial charge on any atom is -0.497 e. The summed E-state index contributed by atoms with van der Waals surface area (Å²) in [6.07, 6.45) is 2.09. The highest BCUT2D eigenvalue weighted by Crippen LogP contribution is 2.12. The summed E-state index contributed by atoms with van der Waals surface area (Å²) in [4.78, 5) is 16.0. The lowest BCUT2D eigenvalue weighted by Gasteiger charge is -2.05. The molecular weight excluding hydrogens is 270 g/mol. The molecule has 0 saturated carbocycles. The monoisotopic (exact) mass is 289 g/mol. The average Bonchev–Trinajstić information content (AvgIpc) is 2.96. The fourth-order valence-corrected chi connectivity index (χ4v) is 1.89. The molecule has 2 aromatic rings. The average molecular weight is 289 g/mol. The highest BCUT2D eigenvalue weighted by atomic mass is 16.5. The van der Waals surface area contributed by atoms with Gasteiger partial charge in [0.05, 0.1) is 13.7 Å². The summed E-state index contributed by atoms with van der Waals surface area (Å²) in [5, 5.41) is 5.73. The molecule has 6 heteroatoms. The van der Waals surface area contributed by atoms with Crippen LogP contribution < -0.4 is 15.4 Å². The number of oxazole rings is 1.